The number of carbonyl (C=O) groups excluding carboxylic acids is 1. The number of nitrogens with two attached hydrogens (primary N) is 1. The van der Waals surface area contributed by atoms with E-state index >= 15 is 0 Å². The Bertz CT molecular complexity index is 334. The van der Waals surface area contributed by atoms with Crippen LogP contribution in [0.15, 0.2) is 6.20 Å². The van der Waals surface area contributed by atoms with Crippen LogP contribution in [-0.4, -0.2) is 41.1 Å². The van der Waals surface area contributed by atoms with Crippen LogP contribution in [-0.2, 0) is 0 Å². The van der Waals surface area contributed by atoms with Crippen LogP contribution < -0.4 is 5.73 Å². The lowest BCUT2D eigenvalue weighted by atomic mass is 10.2. The number of aryl methyl sites for hydroxylation is 1. The Morgan fingerprint density at radius 2 is 2.25 bits per heavy atom. The first-order valence-corrected chi connectivity index (χ1v) is 5.62. The van der Waals surface area contributed by atoms with E-state index in [0.29, 0.717) is 5.56 Å². The third-order valence-electron chi connectivity index (χ3n) is 2.60. The van der Waals surface area contributed by atoms with Crippen LogP contribution in [0.25, 0.3) is 0 Å². The Labute approximate surface area is 96.0 Å². The van der Waals surface area contributed by atoms with E-state index in [-0.39, 0.29) is 5.91 Å². The van der Waals surface area contributed by atoms with E-state index in [2.05, 4.69) is 10.2 Å². The first kappa shape index (κ1) is 12.7. The molecule has 0 unspecified atom stereocenters. The zero-order valence-electron chi connectivity index (χ0n) is 9.99. The standard InChI is InChI=1S/C11H20N4O/c1-9-10(8-13-14-9)11(16)15(2)7-5-3-4-6-12/h8H,3-7,12H2,1-2H3,(H,13,14). The van der Waals surface area contributed by atoms with Crippen molar-refractivity contribution in [2.45, 2.75) is 26.2 Å². The number of H-pyrrole nitrogens is 1. The van der Waals surface area contributed by atoms with E-state index in [1.54, 1.807) is 11.1 Å². The number of aromatic nitrogens is 2. The summed E-state index contributed by atoms with van der Waals surface area (Å²) in [6.07, 6.45) is 4.66. The van der Waals surface area contributed by atoms with E-state index in [9.17, 15) is 4.79 Å². The smallest absolute Gasteiger partial charge is 0.257 e. The third kappa shape index (κ3) is 3.34. The molecule has 5 heteroatoms. The molecule has 1 aromatic rings. The highest BCUT2D eigenvalue weighted by atomic mass is 16.2. The van der Waals surface area contributed by atoms with Crippen molar-refractivity contribution in [3.05, 3.63) is 17.5 Å². The van der Waals surface area contributed by atoms with E-state index in [1.807, 2.05) is 14.0 Å². The van der Waals surface area contributed by atoms with Crippen molar-refractivity contribution >= 4 is 5.91 Å². The summed E-state index contributed by atoms with van der Waals surface area (Å²) in [6, 6.07) is 0. The maximum absolute atomic E-state index is 11.9. The van der Waals surface area contributed by atoms with E-state index in [4.69, 9.17) is 5.73 Å². The lowest BCUT2D eigenvalue weighted by molar-refractivity contribution is 0.0792. The molecular formula is C11H20N4O. The van der Waals surface area contributed by atoms with Crippen LogP contribution in [0, 0.1) is 6.92 Å². The maximum atomic E-state index is 11.9. The van der Waals surface area contributed by atoms with Crippen LogP contribution in [0.2, 0.25) is 0 Å². The number of amides is 1. The summed E-state index contributed by atoms with van der Waals surface area (Å²) in [4.78, 5) is 13.7. The Morgan fingerprint density at radius 1 is 1.50 bits per heavy atom. The largest absolute Gasteiger partial charge is 0.342 e. The van der Waals surface area contributed by atoms with E-state index in [1.165, 1.54) is 0 Å². The molecule has 0 fully saturated rings. The van der Waals surface area contributed by atoms with Gasteiger partial charge in [0.1, 0.15) is 0 Å². The fourth-order valence-electron chi connectivity index (χ4n) is 1.54. The van der Waals surface area contributed by atoms with Gasteiger partial charge in [-0.1, -0.05) is 6.42 Å². The molecule has 5 nitrogen and oxygen atoms in total. The number of hydrogen-bond acceptors (Lipinski definition) is 3. The van der Waals surface area contributed by atoms with Crippen molar-refractivity contribution in [2.24, 2.45) is 5.73 Å². The molecule has 1 aromatic heterocycles. The van der Waals surface area contributed by atoms with Gasteiger partial charge in [0.2, 0.25) is 0 Å². The van der Waals surface area contributed by atoms with E-state index < -0.39 is 0 Å². The molecule has 3 N–H and O–H groups in total. The second kappa shape index (κ2) is 6.27. The summed E-state index contributed by atoms with van der Waals surface area (Å²) in [5.41, 5.74) is 6.88. The summed E-state index contributed by atoms with van der Waals surface area (Å²) < 4.78 is 0. The van der Waals surface area contributed by atoms with Crippen molar-refractivity contribution < 1.29 is 4.79 Å². The van der Waals surface area contributed by atoms with Crippen LogP contribution in [0.5, 0.6) is 0 Å². The minimum atomic E-state index is 0.0269. The third-order valence-corrected chi connectivity index (χ3v) is 2.60. The first-order chi connectivity index (χ1) is 7.66. The molecule has 0 aliphatic rings. The van der Waals surface area contributed by atoms with Gasteiger partial charge in [-0.3, -0.25) is 9.89 Å². The van der Waals surface area contributed by atoms with Gasteiger partial charge in [0.05, 0.1) is 11.8 Å². The van der Waals surface area contributed by atoms with Crippen LogP contribution in [0.4, 0.5) is 0 Å². The SMILES string of the molecule is Cc1[nH]ncc1C(=O)N(C)CCCCCN. The number of hydrogen-bond donors (Lipinski definition) is 2. The summed E-state index contributed by atoms with van der Waals surface area (Å²) in [6.45, 7) is 3.34. The average Bonchev–Trinajstić information content (AvgIpc) is 2.69. The zero-order chi connectivity index (χ0) is 12.0. The Kier molecular flexibility index (Phi) is 4.98. The average molecular weight is 224 g/mol. The monoisotopic (exact) mass is 224 g/mol. The van der Waals surface area contributed by atoms with Gasteiger partial charge in [-0.05, 0) is 26.3 Å². The molecular weight excluding hydrogens is 204 g/mol. The van der Waals surface area contributed by atoms with Gasteiger partial charge in [-0.15, -0.1) is 0 Å². The van der Waals surface area contributed by atoms with Crippen molar-refractivity contribution in [1.82, 2.24) is 15.1 Å². The molecule has 0 saturated heterocycles. The predicted octanol–water partition coefficient (Wildman–Crippen LogP) is 0.919. The van der Waals surface area contributed by atoms with Gasteiger partial charge < -0.3 is 10.6 Å². The number of aromatic amines is 1. The zero-order valence-corrected chi connectivity index (χ0v) is 9.99. The van der Waals surface area contributed by atoms with Gasteiger partial charge in [-0.25, -0.2) is 0 Å². The number of unbranched alkanes of at least 4 members (excludes halogenated alkanes) is 2. The molecule has 0 aliphatic carbocycles. The minimum absolute atomic E-state index is 0.0269. The Hall–Kier alpha value is -1.36. The molecule has 0 aromatic carbocycles. The molecule has 0 saturated carbocycles. The highest BCUT2D eigenvalue weighted by Gasteiger charge is 2.14. The lowest BCUT2D eigenvalue weighted by Crippen LogP contribution is -2.28. The van der Waals surface area contributed by atoms with Crippen molar-refractivity contribution in [3.8, 4) is 0 Å². The molecule has 90 valence electrons. The Morgan fingerprint density at radius 3 is 2.81 bits per heavy atom. The molecule has 0 spiro atoms. The molecule has 0 radical (unpaired) electrons. The minimum Gasteiger partial charge on any atom is -0.342 e. The predicted molar refractivity (Wildman–Crippen MR) is 63.2 cm³/mol. The van der Waals surface area contributed by atoms with Crippen LogP contribution >= 0.6 is 0 Å². The van der Waals surface area contributed by atoms with Gasteiger partial charge in [0, 0.05) is 19.3 Å². The number of nitrogens with one attached hydrogen (secondary N) is 1. The highest BCUT2D eigenvalue weighted by molar-refractivity contribution is 5.94. The highest BCUT2D eigenvalue weighted by Crippen LogP contribution is 2.07. The van der Waals surface area contributed by atoms with E-state index in [0.717, 1.165) is 38.0 Å². The van der Waals surface area contributed by atoms with Gasteiger partial charge in [0.25, 0.3) is 5.91 Å². The second-order valence-electron chi connectivity index (χ2n) is 3.98. The van der Waals surface area contributed by atoms with Gasteiger partial charge in [-0.2, -0.15) is 5.10 Å². The maximum Gasteiger partial charge on any atom is 0.257 e. The van der Waals surface area contributed by atoms with Crippen molar-refractivity contribution in [2.75, 3.05) is 20.1 Å². The number of nitrogens with zero attached hydrogens (tertiary/aromatic N) is 2. The quantitative estimate of drug-likeness (QED) is 0.705. The summed E-state index contributed by atoms with van der Waals surface area (Å²) >= 11 is 0. The molecule has 16 heavy (non-hydrogen) atoms. The number of rotatable bonds is 6. The van der Waals surface area contributed by atoms with Gasteiger partial charge >= 0.3 is 0 Å². The fraction of sp³-hybridized carbons (Fsp3) is 0.636. The molecule has 1 amide bonds. The van der Waals surface area contributed by atoms with Crippen molar-refractivity contribution in [1.29, 1.82) is 0 Å². The summed E-state index contributed by atoms with van der Waals surface area (Å²) in [5.74, 6) is 0.0269. The van der Waals surface area contributed by atoms with Crippen LogP contribution in [0.3, 0.4) is 0 Å². The van der Waals surface area contributed by atoms with Crippen LogP contribution in [0.1, 0.15) is 35.3 Å². The molecule has 0 aliphatic heterocycles. The second-order valence-corrected chi connectivity index (χ2v) is 3.98. The lowest BCUT2D eigenvalue weighted by Gasteiger charge is -2.16. The van der Waals surface area contributed by atoms with Gasteiger partial charge in [0.15, 0.2) is 0 Å². The molecule has 1 heterocycles. The first-order valence-electron chi connectivity index (χ1n) is 5.62. The van der Waals surface area contributed by atoms with Crippen molar-refractivity contribution in [3.63, 3.8) is 0 Å². The summed E-state index contributed by atoms with van der Waals surface area (Å²) in [7, 11) is 1.82. The molecule has 0 atom stereocenters. The topological polar surface area (TPSA) is 75.0 Å². The normalized spacial score (nSPS) is 10.4. The number of carbonyl (C=O) groups is 1. The fourth-order valence-corrected chi connectivity index (χ4v) is 1.54. The molecule has 0 bridgehead atoms. The molecule has 1 rings (SSSR count). The summed E-state index contributed by atoms with van der Waals surface area (Å²) in [5, 5.41) is 6.61. The Balaban J connectivity index is 2.40.